The number of carbonyl (C=O) groups is 1. The first-order valence-corrected chi connectivity index (χ1v) is 9.84. The van der Waals surface area contributed by atoms with E-state index >= 15 is 0 Å². The van der Waals surface area contributed by atoms with Gasteiger partial charge in [-0.1, -0.05) is 18.0 Å². The van der Waals surface area contributed by atoms with Gasteiger partial charge in [0.15, 0.2) is 5.03 Å². The first-order chi connectivity index (χ1) is 11.9. The lowest BCUT2D eigenvalue weighted by molar-refractivity contribution is -0.116. The van der Waals surface area contributed by atoms with E-state index in [0.717, 1.165) is 19.3 Å². The zero-order valence-corrected chi connectivity index (χ0v) is 15.1. The van der Waals surface area contributed by atoms with Crippen molar-refractivity contribution >= 4 is 33.2 Å². The van der Waals surface area contributed by atoms with Crippen LogP contribution in [0.25, 0.3) is 0 Å². The summed E-state index contributed by atoms with van der Waals surface area (Å²) in [4.78, 5) is 16.0. The highest BCUT2D eigenvalue weighted by molar-refractivity contribution is 7.89. The fourth-order valence-electron chi connectivity index (χ4n) is 2.70. The minimum Gasteiger partial charge on any atom is -0.327 e. The third kappa shape index (κ3) is 4.39. The number of rotatable bonds is 5. The molecule has 1 aromatic carbocycles. The van der Waals surface area contributed by atoms with Gasteiger partial charge in [-0.3, -0.25) is 4.79 Å². The maximum Gasteiger partial charge on any atom is 0.262 e. The normalized spacial score (nSPS) is 15.9. The molecule has 1 amide bonds. The molecular formula is C16H19ClN4O3S. The number of amides is 1. The van der Waals surface area contributed by atoms with Crippen LogP contribution in [0.4, 0.5) is 5.69 Å². The summed E-state index contributed by atoms with van der Waals surface area (Å²) in [6.07, 6.45) is 5.53. The molecule has 0 bridgehead atoms. The van der Waals surface area contributed by atoms with Gasteiger partial charge in [-0.05, 0) is 37.1 Å². The van der Waals surface area contributed by atoms with E-state index in [4.69, 9.17) is 11.6 Å². The molecule has 134 valence electrons. The van der Waals surface area contributed by atoms with E-state index in [1.807, 2.05) is 0 Å². The van der Waals surface area contributed by atoms with Crippen molar-refractivity contribution in [3.63, 3.8) is 0 Å². The summed E-state index contributed by atoms with van der Waals surface area (Å²) >= 11 is 5.80. The summed E-state index contributed by atoms with van der Waals surface area (Å²) in [5, 5.41) is 3.29. The fraction of sp³-hybridized carbons (Fsp3) is 0.375. The second-order valence-corrected chi connectivity index (χ2v) is 8.23. The molecule has 1 saturated heterocycles. The van der Waals surface area contributed by atoms with Crippen molar-refractivity contribution in [1.82, 2.24) is 13.9 Å². The number of aromatic nitrogens is 2. The lowest BCUT2D eigenvalue weighted by Crippen LogP contribution is -2.35. The average molecular weight is 383 g/mol. The van der Waals surface area contributed by atoms with Crippen LogP contribution in [0.1, 0.15) is 19.3 Å². The summed E-state index contributed by atoms with van der Waals surface area (Å²) in [6, 6.07) is 6.75. The number of nitrogens with zero attached hydrogens (tertiary/aromatic N) is 3. The van der Waals surface area contributed by atoms with Crippen molar-refractivity contribution < 1.29 is 13.2 Å². The van der Waals surface area contributed by atoms with Crippen LogP contribution in [0.2, 0.25) is 5.02 Å². The quantitative estimate of drug-likeness (QED) is 0.860. The van der Waals surface area contributed by atoms with Crippen LogP contribution in [0, 0.1) is 0 Å². The molecule has 0 unspecified atom stereocenters. The first kappa shape index (κ1) is 17.9. The van der Waals surface area contributed by atoms with Gasteiger partial charge in [0.1, 0.15) is 6.54 Å². The Hall–Kier alpha value is -1.90. The third-order valence-corrected chi connectivity index (χ3v) is 6.02. The minimum atomic E-state index is -3.59. The largest absolute Gasteiger partial charge is 0.327 e. The van der Waals surface area contributed by atoms with Gasteiger partial charge < -0.3 is 9.88 Å². The summed E-state index contributed by atoms with van der Waals surface area (Å²) in [7, 11) is -3.59. The number of anilines is 1. The zero-order chi connectivity index (χ0) is 17.9. The van der Waals surface area contributed by atoms with Crippen LogP contribution in [0.15, 0.2) is 41.8 Å². The molecule has 25 heavy (non-hydrogen) atoms. The lowest BCUT2D eigenvalue weighted by atomic mass is 10.2. The van der Waals surface area contributed by atoms with Gasteiger partial charge in [0, 0.05) is 30.0 Å². The first-order valence-electron chi connectivity index (χ1n) is 8.02. The Morgan fingerprint density at radius 1 is 1.16 bits per heavy atom. The van der Waals surface area contributed by atoms with Crippen molar-refractivity contribution in [1.29, 1.82) is 0 Å². The van der Waals surface area contributed by atoms with Crippen LogP contribution in [-0.2, 0) is 21.4 Å². The highest BCUT2D eigenvalue weighted by Crippen LogP contribution is 2.19. The molecule has 9 heteroatoms. The van der Waals surface area contributed by atoms with Gasteiger partial charge >= 0.3 is 0 Å². The maximum atomic E-state index is 12.5. The maximum absolute atomic E-state index is 12.5. The number of hydrogen-bond acceptors (Lipinski definition) is 4. The average Bonchev–Trinajstić information content (AvgIpc) is 3.07. The Labute approximate surface area is 151 Å². The Morgan fingerprint density at radius 3 is 2.52 bits per heavy atom. The second-order valence-electron chi connectivity index (χ2n) is 5.90. The minimum absolute atomic E-state index is 0.0197. The molecule has 1 N–H and O–H groups in total. The highest BCUT2D eigenvalue weighted by atomic mass is 35.5. The standard InChI is InChI=1S/C16H19ClN4O3S/c17-13-4-6-14(7-5-13)19-15(22)10-20-11-16(18-12-20)25(23,24)21-8-2-1-3-9-21/h4-7,11-12H,1-3,8-10H2,(H,19,22). The molecular weight excluding hydrogens is 364 g/mol. The number of hydrogen-bond donors (Lipinski definition) is 1. The summed E-state index contributed by atoms with van der Waals surface area (Å²) in [5.74, 6) is -0.276. The van der Waals surface area contributed by atoms with Gasteiger partial charge in [0.05, 0.1) is 6.33 Å². The van der Waals surface area contributed by atoms with Crippen LogP contribution in [0.3, 0.4) is 0 Å². The molecule has 1 aromatic heterocycles. The van der Waals surface area contributed by atoms with Crippen molar-refractivity contribution in [2.45, 2.75) is 30.8 Å². The molecule has 1 aliphatic rings. The molecule has 0 radical (unpaired) electrons. The van der Waals surface area contributed by atoms with Gasteiger partial charge in [0.2, 0.25) is 5.91 Å². The van der Waals surface area contributed by atoms with Crippen molar-refractivity contribution in [3.8, 4) is 0 Å². The Morgan fingerprint density at radius 2 is 1.84 bits per heavy atom. The number of halogens is 1. The molecule has 0 aliphatic carbocycles. The molecule has 3 rings (SSSR count). The molecule has 2 aromatic rings. The fourth-order valence-corrected chi connectivity index (χ4v) is 4.27. The lowest BCUT2D eigenvalue weighted by Gasteiger charge is -2.24. The summed E-state index contributed by atoms with van der Waals surface area (Å²) in [6.45, 7) is 1.02. The Balaban J connectivity index is 1.64. The Kier molecular flexibility index (Phi) is 5.41. The molecule has 0 spiro atoms. The van der Waals surface area contributed by atoms with E-state index in [9.17, 15) is 13.2 Å². The Bertz CT molecular complexity index is 843. The zero-order valence-electron chi connectivity index (χ0n) is 13.6. The van der Waals surface area contributed by atoms with E-state index in [2.05, 4.69) is 10.3 Å². The SMILES string of the molecule is O=C(Cn1cnc(S(=O)(=O)N2CCCCC2)c1)Nc1ccc(Cl)cc1. The van der Waals surface area contributed by atoms with E-state index in [0.29, 0.717) is 23.8 Å². The van der Waals surface area contributed by atoms with Gasteiger partial charge in [-0.2, -0.15) is 4.31 Å². The molecule has 1 fully saturated rings. The number of sulfonamides is 1. The van der Waals surface area contributed by atoms with Gasteiger partial charge in [-0.15, -0.1) is 0 Å². The van der Waals surface area contributed by atoms with E-state index in [-0.39, 0.29) is 17.5 Å². The topological polar surface area (TPSA) is 84.3 Å². The monoisotopic (exact) mass is 382 g/mol. The number of imidazole rings is 1. The van der Waals surface area contributed by atoms with Crippen LogP contribution in [-0.4, -0.2) is 41.3 Å². The van der Waals surface area contributed by atoms with Crippen LogP contribution < -0.4 is 5.32 Å². The highest BCUT2D eigenvalue weighted by Gasteiger charge is 2.28. The van der Waals surface area contributed by atoms with Gasteiger partial charge in [-0.25, -0.2) is 13.4 Å². The van der Waals surface area contributed by atoms with Crippen LogP contribution >= 0.6 is 11.6 Å². The predicted molar refractivity (Wildman–Crippen MR) is 94.9 cm³/mol. The number of benzene rings is 1. The molecule has 2 heterocycles. The molecule has 0 saturated carbocycles. The second kappa shape index (κ2) is 7.55. The molecule has 0 atom stereocenters. The van der Waals surface area contributed by atoms with E-state index < -0.39 is 10.0 Å². The van der Waals surface area contributed by atoms with E-state index in [1.54, 1.807) is 24.3 Å². The summed E-state index contributed by atoms with van der Waals surface area (Å²) < 4.78 is 28.0. The van der Waals surface area contributed by atoms with Crippen molar-refractivity contribution in [2.75, 3.05) is 18.4 Å². The van der Waals surface area contributed by atoms with E-state index in [1.165, 1.54) is 21.4 Å². The molecule has 1 aliphatic heterocycles. The van der Waals surface area contributed by atoms with Crippen LogP contribution in [0.5, 0.6) is 0 Å². The molecule has 7 nitrogen and oxygen atoms in total. The summed E-state index contributed by atoms with van der Waals surface area (Å²) in [5.41, 5.74) is 0.621. The third-order valence-electron chi connectivity index (χ3n) is 3.98. The smallest absolute Gasteiger partial charge is 0.262 e. The number of carbonyl (C=O) groups excluding carboxylic acids is 1. The van der Waals surface area contributed by atoms with Crippen molar-refractivity contribution in [3.05, 3.63) is 41.8 Å². The number of piperidine rings is 1. The predicted octanol–water partition coefficient (Wildman–Crippen LogP) is 2.35. The number of nitrogens with one attached hydrogen (secondary N) is 1. The van der Waals surface area contributed by atoms with Crippen molar-refractivity contribution in [2.24, 2.45) is 0 Å². The van der Waals surface area contributed by atoms with Gasteiger partial charge in [0.25, 0.3) is 10.0 Å².